The topological polar surface area (TPSA) is 59.1 Å². The van der Waals surface area contributed by atoms with Crippen LogP contribution in [0, 0.1) is 30.6 Å². The van der Waals surface area contributed by atoms with Crippen molar-refractivity contribution in [2.24, 2.45) is 11.8 Å². The van der Waals surface area contributed by atoms with Gasteiger partial charge in [-0.25, -0.2) is 0 Å². The second-order valence-corrected chi connectivity index (χ2v) is 14.1. The van der Waals surface area contributed by atoms with Gasteiger partial charge in [0.1, 0.15) is 17.6 Å². The summed E-state index contributed by atoms with van der Waals surface area (Å²) in [6.45, 7) is 10.4. The third-order valence-electron chi connectivity index (χ3n) is 10.7. The number of piperidine rings is 1. The van der Waals surface area contributed by atoms with Crippen molar-refractivity contribution < 1.29 is 19.1 Å². The smallest absolute Gasteiger partial charge is 0.308 e. The van der Waals surface area contributed by atoms with Gasteiger partial charge in [-0.05, 0) is 92.8 Å². The zero-order valence-electron chi connectivity index (χ0n) is 27.4. The summed E-state index contributed by atoms with van der Waals surface area (Å²) in [6.07, 6.45) is 4.51. The molecule has 0 unspecified atom stereocenters. The van der Waals surface area contributed by atoms with Gasteiger partial charge >= 0.3 is 5.97 Å². The lowest BCUT2D eigenvalue weighted by molar-refractivity contribution is -0.138. The van der Waals surface area contributed by atoms with E-state index in [1.807, 2.05) is 48.2 Å². The van der Waals surface area contributed by atoms with E-state index >= 15 is 0 Å². The van der Waals surface area contributed by atoms with Crippen molar-refractivity contribution in [1.82, 2.24) is 9.80 Å². The fourth-order valence-corrected chi connectivity index (χ4v) is 9.05. The highest BCUT2D eigenvalue weighted by atomic mass is 16.5. The molecular weight excluding hydrogens is 572 g/mol. The maximum absolute atomic E-state index is 14.0. The molecule has 46 heavy (non-hydrogen) atoms. The van der Waals surface area contributed by atoms with E-state index in [1.54, 1.807) is 0 Å². The predicted molar refractivity (Wildman–Crippen MR) is 179 cm³/mol. The molecule has 5 atom stereocenters. The molecule has 1 saturated carbocycles. The van der Waals surface area contributed by atoms with E-state index < -0.39 is 0 Å². The number of benzene rings is 3. The van der Waals surface area contributed by atoms with Crippen molar-refractivity contribution >= 4 is 11.9 Å². The summed E-state index contributed by atoms with van der Waals surface area (Å²) in [7, 11) is 0. The Hall–Kier alpha value is -4.08. The van der Waals surface area contributed by atoms with Crippen LogP contribution in [-0.2, 0) is 27.8 Å². The van der Waals surface area contributed by atoms with Crippen molar-refractivity contribution in [3.05, 3.63) is 94.5 Å². The Labute approximate surface area is 273 Å². The van der Waals surface area contributed by atoms with Gasteiger partial charge in [-0.2, -0.15) is 0 Å². The number of likely N-dealkylation sites (tertiary alicyclic amines) is 1. The molecule has 1 saturated heterocycles. The Kier molecular flexibility index (Phi) is 8.15. The number of carbonyl (C=O) groups is 2. The Balaban J connectivity index is 1.26. The summed E-state index contributed by atoms with van der Waals surface area (Å²) in [4.78, 5) is 30.9. The second-order valence-electron chi connectivity index (χ2n) is 14.1. The second kappa shape index (κ2) is 12.3. The highest BCUT2D eigenvalue weighted by Crippen LogP contribution is 2.64. The molecule has 4 aliphatic rings. The van der Waals surface area contributed by atoms with Crippen LogP contribution < -0.4 is 9.47 Å². The lowest BCUT2D eigenvalue weighted by Gasteiger charge is -2.60. The maximum Gasteiger partial charge on any atom is 0.308 e. The van der Waals surface area contributed by atoms with E-state index in [4.69, 9.17) is 9.47 Å². The fourth-order valence-electron chi connectivity index (χ4n) is 9.05. The molecule has 1 spiro atoms. The normalized spacial score (nSPS) is 25.6. The quantitative estimate of drug-likeness (QED) is 0.182. The van der Waals surface area contributed by atoms with Crippen molar-refractivity contribution in [2.75, 3.05) is 19.6 Å². The lowest BCUT2D eigenvalue weighted by Crippen LogP contribution is -2.69. The first kappa shape index (κ1) is 30.6. The van der Waals surface area contributed by atoms with Gasteiger partial charge in [0.15, 0.2) is 0 Å². The Bertz CT molecular complexity index is 1710. The van der Waals surface area contributed by atoms with Crippen LogP contribution >= 0.6 is 0 Å². The molecule has 3 aromatic carbocycles. The van der Waals surface area contributed by atoms with E-state index in [2.05, 4.69) is 60.9 Å². The molecule has 2 heterocycles. The predicted octanol–water partition coefficient (Wildman–Crippen LogP) is 6.11. The van der Waals surface area contributed by atoms with E-state index in [9.17, 15) is 9.59 Å². The van der Waals surface area contributed by atoms with Crippen molar-refractivity contribution in [2.45, 2.75) is 83.4 Å². The van der Waals surface area contributed by atoms with Crippen LogP contribution in [0.5, 0.6) is 11.5 Å². The third-order valence-corrected chi connectivity index (χ3v) is 10.7. The number of esters is 1. The number of hydrogen-bond donors (Lipinski definition) is 0. The summed E-state index contributed by atoms with van der Waals surface area (Å²) in [5.74, 6) is 7.95. The third kappa shape index (κ3) is 5.39. The highest BCUT2D eigenvalue weighted by Gasteiger charge is 2.66. The van der Waals surface area contributed by atoms with Crippen LogP contribution in [-0.4, -0.2) is 59.5 Å². The molecule has 6 nitrogen and oxygen atoms in total. The van der Waals surface area contributed by atoms with Gasteiger partial charge < -0.3 is 14.4 Å². The number of rotatable bonds is 7. The average Bonchev–Trinajstić information content (AvgIpc) is 3.37. The van der Waals surface area contributed by atoms with Crippen LogP contribution in [0.25, 0.3) is 0 Å². The van der Waals surface area contributed by atoms with E-state index in [-0.39, 0.29) is 35.4 Å². The Morgan fingerprint density at radius 3 is 2.67 bits per heavy atom. The van der Waals surface area contributed by atoms with Gasteiger partial charge in [0.25, 0.3) is 5.91 Å². The molecule has 6 heteroatoms. The van der Waals surface area contributed by atoms with Gasteiger partial charge in [-0.3, -0.25) is 14.5 Å². The van der Waals surface area contributed by atoms with Crippen LogP contribution in [0.15, 0.2) is 66.7 Å². The van der Waals surface area contributed by atoms with Crippen LogP contribution in [0.1, 0.15) is 67.9 Å². The fraction of sp³-hybridized carbons (Fsp3) is 0.450. The molecule has 2 bridgehead atoms. The molecule has 238 valence electrons. The van der Waals surface area contributed by atoms with Gasteiger partial charge in [0.2, 0.25) is 0 Å². The minimum absolute atomic E-state index is 0.0926. The first-order valence-electron chi connectivity index (χ1n) is 16.9. The zero-order valence-corrected chi connectivity index (χ0v) is 27.4. The van der Waals surface area contributed by atoms with Crippen molar-refractivity contribution in [3.63, 3.8) is 0 Å². The van der Waals surface area contributed by atoms with Crippen molar-refractivity contribution in [1.29, 1.82) is 0 Å². The van der Waals surface area contributed by atoms with Crippen LogP contribution in [0.3, 0.4) is 0 Å². The maximum atomic E-state index is 14.0. The highest BCUT2D eigenvalue weighted by molar-refractivity contribution is 5.94. The Morgan fingerprint density at radius 1 is 1.09 bits per heavy atom. The number of hydrogen-bond acceptors (Lipinski definition) is 5. The number of ether oxygens (including phenoxy) is 2. The largest absolute Gasteiger partial charge is 0.487 e. The lowest BCUT2D eigenvalue weighted by atomic mass is 9.50. The summed E-state index contributed by atoms with van der Waals surface area (Å²) in [5.41, 5.74) is 5.43. The molecule has 7 rings (SSSR count). The molecule has 2 aliphatic heterocycles. The molecule has 0 radical (unpaired) electrons. The first-order chi connectivity index (χ1) is 22.2. The number of carbonyl (C=O) groups excluding carboxylic acids is 2. The van der Waals surface area contributed by atoms with Crippen molar-refractivity contribution in [3.8, 4) is 23.3 Å². The zero-order chi connectivity index (χ0) is 32.0. The SMILES string of the molecule is CC(=O)Oc1ccc2c3c1C[C@@H]1[C@@H]4CC[C@@H](N(CC(C)C)C(=O)C#Cc5cccc(C)c5)[C@H](O2)[C@]34CCN1CCc1ccccc1. The monoisotopic (exact) mass is 616 g/mol. The first-order valence-corrected chi connectivity index (χ1v) is 16.9. The Morgan fingerprint density at radius 2 is 1.91 bits per heavy atom. The molecule has 2 aliphatic carbocycles. The molecule has 0 aromatic heterocycles. The summed E-state index contributed by atoms with van der Waals surface area (Å²) >= 11 is 0. The molecule has 1 amide bonds. The summed E-state index contributed by atoms with van der Waals surface area (Å²) < 4.78 is 12.8. The van der Waals surface area contributed by atoms with Gasteiger partial charge in [-0.15, -0.1) is 0 Å². The van der Waals surface area contributed by atoms with E-state index in [0.29, 0.717) is 24.3 Å². The summed E-state index contributed by atoms with van der Waals surface area (Å²) in [5, 5.41) is 0. The minimum atomic E-state index is -0.306. The number of aryl methyl sites for hydroxylation is 1. The molecule has 0 N–H and O–H groups in total. The minimum Gasteiger partial charge on any atom is -0.487 e. The van der Waals surface area contributed by atoms with Crippen LogP contribution in [0.2, 0.25) is 0 Å². The van der Waals surface area contributed by atoms with Gasteiger partial charge in [0, 0.05) is 54.1 Å². The number of amides is 1. The number of nitrogens with zero attached hydrogens (tertiary/aromatic N) is 2. The molecule has 3 aromatic rings. The van der Waals surface area contributed by atoms with E-state index in [1.165, 1.54) is 18.1 Å². The molecule has 2 fully saturated rings. The summed E-state index contributed by atoms with van der Waals surface area (Å²) in [6, 6.07) is 22.8. The van der Waals surface area contributed by atoms with Gasteiger partial charge in [-0.1, -0.05) is 62.2 Å². The standard InChI is InChI=1S/C40H44N2O4/c1-26(2)25-42(37(44)18-13-30-12-8-9-27(3)23-30)33-15-14-32-34-24-31-35(45-28(4)43)16-17-36-38(31)40(32,39(33)46-36)20-22-41(34)21-19-29-10-6-5-7-11-29/h5-12,16-17,23,26,32-34,39H,14-15,19-22,24-25H2,1-4H3/t32-,33+,34+,39-,40-/m0/s1. The van der Waals surface area contributed by atoms with Crippen LogP contribution in [0.4, 0.5) is 0 Å². The van der Waals surface area contributed by atoms with Gasteiger partial charge in [0.05, 0.1) is 6.04 Å². The molecular formula is C40H44N2O4. The van der Waals surface area contributed by atoms with E-state index in [0.717, 1.165) is 67.6 Å². The average molecular weight is 617 g/mol.